The normalized spacial score (nSPS) is 16.3. The Hall–Kier alpha value is -2.50. The second-order valence-corrected chi connectivity index (χ2v) is 6.05. The SMILES string of the molecule is CCN(CC)c1ccc(NC=C2C(=O)OC(C)(C)OC2=O)c(C)c1. The highest BCUT2D eigenvalue weighted by molar-refractivity contribution is 6.15. The molecule has 0 atom stereocenters. The Morgan fingerprint density at radius 3 is 2.21 bits per heavy atom. The van der Waals surface area contributed by atoms with Crippen LogP contribution in [0.5, 0.6) is 0 Å². The lowest BCUT2D eigenvalue weighted by atomic mass is 10.1. The molecule has 0 radical (unpaired) electrons. The van der Waals surface area contributed by atoms with Gasteiger partial charge in [-0.1, -0.05) is 0 Å². The number of hydrogen-bond acceptors (Lipinski definition) is 6. The van der Waals surface area contributed by atoms with Crippen molar-refractivity contribution in [2.24, 2.45) is 0 Å². The van der Waals surface area contributed by atoms with Crippen molar-refractivity contribution < 1.29 is 19.1 Å². The molecule has 1 heterocycles. The maximum Gasteiger partial charge on any atom is 0.350 e. The van der Waals surface area contributed by atoms with E-state index in [-0.39, 0.29) is 5.57 Å². The number of nitrogens with one attached hydrogen (secondary N) is 1. The van der Waals surface area contributed by atoms with E-state index in [1.54, 1.807) is 0 Å². The number of benzene rings is 1. The summed E-state index contributed by atoms with van der Waals surface area (Å²) in [5, 5.41) is 2.99. The van der Waals surface area contributed by atoms with Gasteiger partial charge in [0.15, 0.2) is 5.57 Å². The van der Waals surface area contributed by atoms with Crippen molar-refractivity contribution in [1.29, 1.82) is 0 Å². The van der Waals surface area contributed by atoms with E-state index in [2.05, 4.69) is 30.1 Å². The molecule has 1 aromatic carbocycles. The van der Waals surface area contributed by atoms with Crippen LogP contribution in [-0.4, -0.2) is 30.8 Å². The molecule has 1 saturated heterocycles. The van der Waals surface area contributed by atoms with E-state index < -0.39 is 17.7 Å². The third kappa shape index (κ3) is 3.88. The number of ether oxygens (including phenoxy) is 2. The summed E-state index contributed by atoms with van der Waals surface area (Å²) >= 11 is 0. The van der Waals surface area contributed by atoms with Gasteiger partial charge in [0.25, 0.3) is 5.79 Å². The van der Waals surface area contributed by atoms with Crippen molar-refractivity contribution in [1.82, 2.24) is 0 Å². The number of aryl methyl sites for hydroxylation is 1. The van der Waals surface area contributed by atoms with Crippen LogP contribution < -0.4 is 10.2 Å². The summed E-state index contributed by atoms with van der Waals surface area (Å²) in [5.41, 5.74) is 2.80. The Bertz CT molecular complexity index is 654. The van der Waals surface area contributed by atoms with Gasteiger partial charge in [0, 0.05) is 44.5 Å². The lowest BCUT2D eigenvalue weighted by molar-refractivity contribution is -0.222. The van der Waals surface area contributed by atoms with Crippen molar-refractivity contribution in [3.05, 3.63) is 35.5 Å². The highest BCUT2D eigenvalue weighted by atomic mass is 16.7. The zero-order chi connectivity index (χ0) is 17.9. The molecular weight excluding hydrogens is 308 g/mol. The Kier molecular flexibility index (Phi) is 5.17. The molecule has 0 aliphatic carbocycles. The quantitative estimate of drug-likeness (QED) is 0.508. The number of nitrogens with zero attached hydrogens (tertiary/aromatic N) is 1. The van der Waals surface area contributed by atoms with Crippen LogP contribution in [0.2, 0.25) is 0 Å². The smallest absolute Gasteiger partial charge is 0.350 e. The fraction of sp³-hybridized carbons (Fsp3) is 0.444. The Morgan fingerprint density at radius 2 is 1.71 bits per heavy atom. The van der Waals surface area contributed by atoms with E-state index in [9.17, 15) is 9.59 Å². The van der Waals surface area contributed by atoms with Crippen LogP contribution in [0.4, 0.5) is 11.4 Å². The van der Waals surface area contributed by atoms with E-state index in [1.165, 1.54) is 20.0 Å². The van der Waals surface area contributed by atoms with Crippen molar-refractivity contribution in [3.8, 4) is 0 Å². The number of esters is 2. The molecule has 6 nitrogen and oxygen atoms in total. The van der Waals surface area contributed by atoms with Crippen molar-refractivity contribution >= 4 is 23.3 Å². The molecular formula is C18H24N2O4. The van der Waals surface area contributed by atoms with Crippen LogP contribution in [0.25, 0.3) is 0 Å². The van der Waals surface area contributed by atoms with E-state index in [4.69, 9.17) is 9.47 Å². The first-order valence-electron chi connectivity index (χ1n) is 8.06. The number of carbonyl (C=O) groups excluding carboxylic acids is 2. The molecule has 130 valence electrons. The van der Waals surface area contributed by atoms with Gasteiger partial charge >= 0.3 is 11.9 Å². The lowest BCUT2D eigenvalue weighted by Gasteiger charge is -2.29. The van der Waals surface area contributed by atoms with Gasteiger partial charge in [-0.15, -0.1) is 0 Å². The summed E-state index contributed by atoms with van der Waals surface area (Å²) in [7, 11) is 0. The predicted molar refractivity (Wildman–Crippen MR) is 92.7 cm³/mol. The zero-order valence-electron chi connectivity index (χ0n) is 14.8. The van der Waals surface area contributed by atoms with Gasteiger partial charge in [0.1, 0.15) is 0 Å². The molecule has 0 saturated carbocycles. The molecule has 0 unspecified atom stereocenters. The monoisotopic (exact) mass is 332 g/mol. The van der Waals surface area contributed by atoms with Gasteiger partial charge in [-0.05, 0) is 44.5 Å². The molecule has 1 N–H and O–H groups in total. The fourth-order valence-electron chi connectivity index (χ4n) is 2.52. The van der Waals surface area contributed by atoms with Crippen molar-refractivity contribution in [3.63, 3.8) is 0 Å². The molecule has 0 amide bonds. The number of anilines is 2. The van der Waals surface area contributed by atoms with Crippen molar-refractivity contribution in [2.75, 3.05) is 23.3 Å². The van der Waals surface area contributed by atoms with Gasteiger partial charge in [-0.2, -0.15) is 0 Å². The maximum atomic E-state index is 11.9. The van der Waals surface area contributed by atoms with Gasteiger partial charge in [-0.3, -0.25) is 0 Å². The summed E-state index contributed by atoms with van der Waals surface area (Å²) < 4.78 is 10.1. The first kappa shape index (κ1) is 17.8. The summed E-state index contributed by atoms with van der Waals surface area (Å²) in [6.07, 6.45) is 1.33. The summed E-state index contributed by atoms with van der Waals surface area (Å²) in [5.74, 6) is -2.62. The fourth-order valence-corrected chi connectivity index (χ4v) is 2.52. The average molecular weight is 332 g/mol. The minimum Gasteiger partial charge on any atom is -0.419 e. The molecule has 2 rings (SSSR count). The number of hydrogen-bond donors (Lipinski definition) is 1. The van der Waals surface area contributed by atoms with Crippen LogP contribution in [-0.2, 0) is 19.1 Å². The highest BCUT2D eigenvalue weighted by Gasteiger charge is 2.38. The third-order valence-electron chi connectivity index (χ3n) is 3.83. The summed E-state index contributed by atoms with van der Waals surface area (Å²) in [6, 6.07) is 5.99. The molecule has 1 fully saturated rings. The van der Waals surface area contributed by atoms with E-state index in [1.807, 2.05) is 19.1 Å². The molecule has 0 spiro atoms. The number of cyclic esters (lactones) is 2. The number of rotatable bonds is 5. The standard InChI is InChI=1S/C18H24N2O4/c1-6-20(7-2)13-8-9-15(12(3)10-13)19-11-14-16(21)23-18(4,5)24-17(14)22/h8-11,19H,6-7H2,1-5H3. The largest absolute Gasteiger partial charge is 0.419 e. The molecule has 6 heteroatoms. The minimum atomic E-state index is -1.23. The van der Waals surface area contributed by atoms with Crippen LogP contribution in [0.3, 0.4) is 0 Å². The minimum absolute atomic E-state index is 0.151. The zero-order valence-corrected chi connectivity index (χ0v) is 14.8. The second kappa shape index (κ2) is 6.95. The van der Waals surface area contributed by atoms with Crippen LogP contribution in [0, 0.1) is 6.92 Å². The Morgan fingerprint density at radius 1 is 1.12 bits per heavy atom. The van der Waals surface area contributed by atoms with Crippen LogP contribution in [0.1, 0.15) is 33.3 Å². The van der Waals surface area contributed by atoms with E-state index in [0.29, 0.717) is 0 Å². The molecule has 0 bridgehead atoms. The Balaban J connectivity index is 2.17. The Labute approximate surface area is 142 Å². The van der Waals surface area contributed by atoms with Crippen molar-refractivity contribution in [2.45, 2.75) is 40.4 Å². The first-order chi connectivity index (χ1) is 11.3. The molecule has 1 aliphatic heterocycles. The summed E-state index contributed by atoms with van der Waals surface area (Å²) in [4.78, 5) is 26.1. The second-order valence-electron chi connectivity index (χ2n) is 6.05. The van der Waals surface area contributed by atoms with E-state index in [0.717, 1.165) is 30.0 Å². The molecule has 0 aromatic heterocycles. The van der Waals surface area contributed by atoms with Crippen LogP contribution >= 0.6 is 0 Å². The molecule has 24 heavy (non-hydrogen) atoms. The highest BCUT2D eigenvalue weighted by Crippen LogP contribution is 2.25. The van der Waals surface area contributed by atoms with Crippen LogP contribution in [0.15, 0.2) is 30.0 Å². The van der Waals surface area contributed by atoms with E-state index >= 15 is 0 Å². The maximum absolute atomic E-state index is 11.9. The molecule has 1 aromatic rings. The van der Waals surface area contributed by atoms with Gasteiger partial charge in [-0.25, -0.2) is 9.59 Å². The van der Waals surface area contributed by atoms with Gasteiger partial charge in [0.05, 0.1) is 0 Å². The van der Waals surface area contributed by atoms with Gasteiger partial charge < -0.3 is 19.7 Å². The summed E-state index contributed by atoms with van der Waals surface area (Å²) in [6.45, 7) is 11.1. The lowest BCUT2D eigenvalue weighted by Crippen LogP contribution is -2.42. The number of carbonyl (C=O) groups is 2. The average Bonchev–Trinajstić information content (AvgIpc) is 2.48. The molecule has 1 aliphatic rings. The first-order valence-corrected chi connectivity index (χ1v) is 8.06. The topological polar surface area (TPSA) is 67.9 Å². The predicted octanol–water partition coefficient (Wildman–Crippen LogP) is 2.97. The van der Waals surface area contributed by atoms with Gasteiger partial charge in [0.2, 0.25) is 0 Å². The third-order valence-corrected chi connectivity index (χ3v) is 3.83.